The summed E-state index contributed by atoms with van der Waals surface area (Å²) in [6.45, 7) is 7.65. The average molecular weight is 443 g/mol. The summed E-state index contributed by atoms with van der Waals surface area (Å²) in [5, 5.41) is 2.72. The van der Waals surface area contributed by atoms with E-state index in [1.54, 1.807) is 21.9 Å². The third-order valence-corrected chi connectivity index (χ3v) is 5.32. The molecule has 31 heavy (non-hydrogen) atoms. The van der Waals surface area contributed by atoms with Gasteiger partial charge in [-0.25, -0.2) is 15.0 Å². The van der Waals surface area contributed by atoms with Gasteiger partial charge in [-0.1, -0.05) is 18.2 Å². The Labute approximate surface area is 185 Å². The first kappa shape index (κ1) is 22.4. The van der Waals surface area contributed by atoms with E-state index in [0.717, 1.165) is 0 Å². The van der Waals surface area contributed by atoms with Crippen LogP contribution in [0.4, 0.5) is 0 Å². The summed E-state index contributed by atoms with van der Waals surface area (Å²) in [5.41, 5.74) is 1.74. The molecule has 9 nitrogen and oxygen atoms in total. The number of pyridine rings is 1. The smallest absolute Gasteiger partial charge is 0.269 e. The molecule has 0 saturated carbocycles. The summed E-state index contributed by atoms with van der Waals surface area (Å²) in [4.78, 5) is 52.5. The standard InChI is InChI=1S/C21H23ClN6O3/c1-5-20(30)27-9-12(2)28(13(3)29)18(10-27)14-6-16(26-19(22)7-14)15-8-17(21(31)23-4)25-11-24-15/h5-8,11-12,18H,1,9-10H2,2-4H3,(H,23,31)/t12-,18-/m0/s1. The van der Waals surface area contributed by atoms with Gasteiger partial charge in [-0.15, -0.1) is 0 Å². The number of hydrogen-bond acceptors (Lipinski definition) is 6. The fourth-order valence-corrected chi connectivity index (χ4v) is 4.00. The van der Waals surface area contributed by atoms with E-state index in [-0.39, 0.29) is 34.6 Å². The molecular weight excluding hydrogens is 420 g/mol. The number of rotatable bonds is 4. The zero-order valence-electron chi connectivity index (χ0n) is 17.5. The van der Waals surface area contributed by atoms with Gasteiger partial charge in [0.25, 0.3) is 5.91 Å². The second kappa shape index (κ2) is 9.22. The fraction of sp³-hybridized carbons (Fsp3) is 0.333. The highest BCUT2D eigenvalue weighted by Gasteiger charge is 2.36. The summed E-state index contributed by atoms with van der Waals surface area (Å²) in [6.07, 6.45) is 2.54. The Morgan fingerprint density at radius 1 is 1.19 bits per heavy atom. The molecule has 0 spiro atoms. The predicted molar refractivity (Wildman–Crippen MR) is 115 cm³/mol. The van der Waals surface area contributed by atoms with Crippen LogP contribution < -0.4 is 5.32 Å². The van der Waals surface area contributed by atoms with E-state index in [9.17, 15) is 14.4 Å². The van der Waals surface area contributed by atoms with Crippen molar-refractivity contribution >= 4 is 29.3 Å². The van der Waals surface area contributed by atoms with Crippen molar-refractivity contribution in [3.05, 3.63) is 53.6 Å². The third-order valence-electron chi connectivity index (χ3n) is 5.13. The molecule has 3 rings (SSSR count). The quantitative estimate of drug-likeness (QED) is 0.572. The molecule has 1 N–H and O–H groups in total. The molecule has 0 radical (unpaired) electrons. The molecule has 0 unspecified atom stereocenters. The van der Waals surface area contributed by atoms with Gasteiger partial charge >= 0.3 is 0 Å². The van der Waals surface area contributed by atoms with E-state index < -0.39 is 6.04 Å². The first-order valence-electron chi connectivity index (χ1n) is 9.67. The highest BCUT2D eigenvalue weighted by atomic mass is 35.5. The largest absolute Gasteiger partial charge is 0.354 e. The molecule has 1 aliphatic heterocycles. The van der Waals surface area contributed by atoms with E-state index in [4.69, 9.17) is 11.6 Å². The van der Waals surface area contributed by atoms with Crippen molar-refractivity contribution in [2.24, 2.45) is 0 Å². The summed E-state index contributed by atoms with van der Waals surface area (Å²) in [6, 6.07) is 4.32. The lowest BCUT2D eigenvalue weighted by molar-refractivity contribution is -0.143. The van der Waals surface area contributed by atoms with Crippen LogP contribution in [-0.2, 0) is 9.59 Å². The van der Waals surface area contributed by atoms with E-state index >= 15 is 0 Å². The lowest BCUT2D eigenvalue weighted by Crippen LogP contribution is -2.56. The van der Waals surface area contributed by atoms with Crippen LogP contribution in [0.25, 0.3) is 11.4 Å². The first-order chi connectivity index (χ1) is 14.7. The Kier molecular flexibility index (Phi) is 6.65. The monoisotopic (exact) mass is 442 g/mol. The summed E-state index contributed by atoms with van der Waals surface area (Å²) in [5.74, 6) is -0.665. The lowest BCUT2D eigenvalue weighted by Gasteiger charge is -2.45. The highest BCUT2D eigenvalue weighted by Crippen LogP contribution is 2.32. The highest BCUT2D eigenvalue weighted by molar-refractivity contribution is 6.29. The summed E-state index contributed by atoms with van der Waals surface area (Å²) in [7, 11) is 1.51. The fourth-order valence-electron chi connectivity index (χ4n) is 3.78. The van der Waals surface area contributed by atoms with Crippen molar-refractivity contribution in [1.82, 2.24) is 30.1 Å². The van der Waals surface area contributed by atoms with Crippen LogP contribution in [-0.4, -0.2) is 68.7 Å². The SMILES string of the molecule is C=CC(=O)N1C[C@H](C)N(C(C)=O)[C@H](c2cc(Cl)nc(-c3cc(C(=O)NC)ncn3)c2)C1. The van der Waals surface area contributed by atoms with Gasteiger partial charge in [0.2, 0.25) is 11.8 Å². The Morgan fingerprint density at radius 2 is 1.94 bits per heavy atom. The number of nitrogens with zero attached hydrogens (tertiary/aromatic N) is 5. The van der Waals surface area contributed by atoms with Crippen LogP contribution in [0.15, 0.2) is 37.2 Å². The van der Waals surface area contributed by atoms with Crippen LogP contribution in [0.5, 0.6) is 0 Å². The number of halogens is 1. The Morgan fingerprint density at radius 3 is 2.58 bits per heavy atom. The van der Waals surface area contributed by atoms with Crippen LogP contribution in [0.3, 0.4) is 0 Å². The molecule has 0 bridgehead atoms. The van der Waals surface area contributed by atoms with E-state index in [2.05, 4.69) is 26.8 Å². The normalized spacial score (nSPS) is 18.5. The second-order valence-electron chi connectivity index (χ2n) is 7.21. The van der Waals surface area contributed by atoms with Gasteiger partial charge in [0.05, 0.1) is 17.4 Å². The molecule has 1 saturated heterocycles. The van der Waals surface area contributed by atoms with Gasteiger partial charge in [0.1, 0.15) is 17.2 Å². The van der Waals surface area contributed by atoms with E-state index in [1.807, 2.05) is 6.92 Å². The first-order valence-corrected chi connectivity index (χ1v) is 10.0. The molecule has 2 atom stereocenters. The maximum absolute atomic E-state index is 12.4. The Bertz CT molecular complexity index is 1040. The molecule has 1 fully saturated rings. The molecule has 3 heterocycles. The predicted octanol–water partition coefficient (Wildman–Crippen LogP) is 1.86. The summed E-state index contributed by atoms with van der Waals surface area (Å²) >= 11 is 6.30. The number of nitrogens with one attached hydrogen (secondary N) is 1. The number of carbonyl (C=O) groups is 3. The lowest BCUT2D eigenvalue weighted by atomic mass is 9.98. The Balaban J connectivity index is 2.06. The molecule has 0 aromatic carbocycles. The van der Waals surface area contributed by atoms with Crippen molar-refractivity contribution in [3.8, 4) is 11.4 Å². The molecular formula is C21H23ClN6O3. The number of aromatic nitrogens is 3. The van der Waals surface area contributed by atoms with Crippen molar-refractivity contribution in [1.29, 1.82) is 0 Å². The zero-order valence-corrected chi connectivity index (χ0v) is 18.3. The van der Waals surface area contributed by atoms with Gasteiger partial charge in [-0.3, -0.25) is 14.4 Å². The van der Waals surface area contributed by atoms with Crippen molar-refractivity contribution < 1.29 is 14.4 Å². The number of piperazine rings is 1. The minimum absolute atomic E-state index is 0.110. The number of carbonyl (C=O) groups excluding carboxylic acids is 3. The van der Waals surface area contributed by atoms with Gasteiger partial charge in [-0.2, -0.15) is 0 Å². The number of hydrogen-bond donors (Lipinski definition) is 1. The number of amides is 3. The maximum Gasteiger partial charge on any atom is 0.269 e. The van der Waals surface area contributed by atoms with Crippen LogP contribution in [0, 0.1) is 0 Å². The molecule has 0 aliphatic carbocycles. The topological polar surface area (TPSA) is 108 Å². The second-order valence-corrected chi connectivity index (χ2v) is 7.60. The summed E-state index contributed by atoms with van der Waals surface area (Å²) < 4.78 is 0. The van der Waals surface area contributed by atoms with Crippen molar-refractivity contribution in [2.75, 3.05) is 20.1 Å². The van der Waals surface area contributed by atoms with Crippen LogP contribution in [0.2, 0.25) is 5.15 Å². The third kappa shape index (κ3) is 4.72. The van der Waals surface area contributed by atoms with Crippen molar-refractivity contribution in [3.63, 3.8) is 0 Å². The van der Waals surface area contributed by atoms with Gasteiger partial charge in [-0.05, 0) is 36.8 Å². The molecule has 10 heteroatoms. The molecule has 162 valence electrons. The minimum atomic E-state index is -0.426. The van der Waals surface area contributed by atoms with Gasteiger partial charge in [0.15, 0.2) is 0 Å². The van der Waals surface area contributed by atoms with Gasteiger partial charge < -0.3 is 15.1 Å². The van der Waals surface area contributed by atoms with Crippen LogP contribution >= 0.6 is 11.6 Å². The Hall–Kier alpha value is -3.33. The van der Waals surface area contributed by atoms with E-state index in [0.29, 0.717) is 30.0 Å². The molecule has 2 aromatic rings. The molecule has 3 amide bonds. The minimum Gasteiger partial charge on any atom is -0.354 e. The van der Waals surface area contributed by atoms with E-state index in [1.165, 1.54) is 32.4 Å². The van der Waals surface area contributed by atoms with Crippen LogP contribution in [0.1, 0.15) is 35.9 Å². The van der Waals surface area contributed by atoms with Crippen molar-refractivity contribution in [2.45, 2.75) is 25.9 Å². The molecule has 1 aliphatic rings. The average Bonchev–Trinajstić information content (AvgIpc) is 2.76. The molecule has 2 aromatic heterocycles. The maximum atomic E-state index is 12.4. The van der Waals surface area contributed by atoms with Gasteiger partial charge in [0, 0.05) is 33.1 Å². The zero-order chi connectivity index (χ0) is 22.7.